The zero-order chi connectivity index (χ0) is 19.5. The summed E-state index contributed by atoms with van der Waals surface area (Å²) in [5.41, 5.74) is 2.00. The summed E-state index contributed by atoms with van der Waals surface area (Å²) < 4.78 is 6.75. The maximum atomic E-state index is 12.7. The van der Waals surface area contributed by atoms with Crippen molar-refractivity contribution in [2.45, 2.75) is 13.5 Å². The van der Waals surface area contributed by atoms with Gasteiger partial charge < -0.3 is 4.74 Å². The van der Waals surface area contributed by atoms with E-state index in [1.54, 1.807) is 4.90 Å². The van der Waals surface area contributed by atoms with Crippen LogP contribution in [0.3, 0.4) is 0 Å². The van der Waals surface area contributed by atoms with Crippen LogP contribution in [0.15, 0.2) is 71.6 Å². The topological polar surface area (TPSA) is 29.5 Å². The molecule has 1 amide bonds. The monoisotopic (exact) mass is 405 g/mol. The number of benzene rings is 3. The number of hydrogen-bond donors (Lipinski definition) is 0. The van der Waals surface area contributed by atoms with Gasteiger partial charge in [0, 0.05) is 12.1 Å². The summed E-state index contributed by atoms with van der Waals surface area (Å²) in [4.78, 5) is 14.9. The van der Waals surface area contributed by atoms with Crippen molar-refractivity contribution < 1.29 is 9.53 Å². The number of nitrogens with zero attached hydrogens (tertiary/aromatic N) is 1. The number of thiocarbonyl (C=S) groups is 1. The second-order valence-electron chi connectivity index (χ2n) is 6.40. The molecule has 1 aliphatic heterocycles. The zero-order valence-electron chi connectivity index (χ0n) is 15.4. The summed E-state index contributed by atoms with van der Waals surface area (Å²) in [6.07, 6.45) is 1.91. The lowest BCUT2D eigenvalue weighted by Gasteiger charge is -2.13. The average molecular weight is 406 g/mol. The van der Waals surface area contributed by atoms with Crippen molar-refractivity contribution in [2.24, 2.45) is 0 Å². The minimum Gasteiger partial charge on any atom is -0.488 e. The third-order valence-electron chi connectivity index (χ3n) is 4.63. The Kier molecular flexibility index (Phi) is 5.46. The van der Waals surface area contributed by atoms with Crippen LogP contribution in [0.5, 0.6) is 5.75 Å². The first kappa shape index (κ1) is 18.7. The average Bonchev–Trinajstić information content (AvgIpc) is 3.00. The van der Waals surface area contributed by atoms with Crippen LogP contribution in [0.4, 0.5) is 0 Å². The fraction of sp³-hybridized carbons (Fsp3) is 0.130. The van der Waals surface area contributed by atoms with Crippen molar-refractivity contribution >= 4 is 51.1 Å². The highest BCUT2D eigenvalue weighted by Crippen LogP contribution is 2.37. The molecule has 0 aliphatic carbocycles. The predicted molar refractivity (Wildman–Crippen MR) is 120 cm³/mol. The third kappa shape index (κ3) is 3.68. The Bertz CT molecular complexity index is 1080. The van der Waals surface area contributed by atoms with Gasteiger partial charge in [0.15, 0.2) is 0 Å². The molecule has 0 N–H and O–H groups in total. The standard InChI is InChI=1S/C23H19NO2S2/c1-2-24-22(25)21(28-23(24)27)14-19-18-11-7-6-10-17(18)12-13-20(19)26-15-16-8-4-3-5-9-16/h3-14H,2,15H2,1H3/b21-14-. The van der Waals surface area contributed by atoms with Gasteiger partial charge in [-0.25, -0.2) is 0 Å². The molecule has 1 heterocycles. The van der Waals surface area contributed by atoms with E-state index < -0.39 is 0 Å². The van der Waals surface area contributed by atoms with Crippen molar-refractivity contribution in [3.05, 3.63) is 82.8 Å². The largest absolute Gasteiger partial charge is 0.488 e. The Morgan fingerprint density at radius 2 is 1.79 bits per heavy atom. The maximum absolute atomic E-state index is 12.7. The minimum atomic E-state index is -0.0422. The molecule has 1 aliphatic rings. The Morgan fingerprint density at radius 3 is 2.54 bits per heavy atom. The summed E-state index contributed by atoms with van der Waals surface area (Å²) in [7, 11) is 0. The van der Waals surface area contributed by atoms with Gasteiger partial charge in [0.05, 0.1) is 4.91 Å². The van der Waals surface area contributed by atoms with E-state index in [9.17, 15) is 4.79 Å². The Hall–Kier alpha value is -2.63. The number of thioether (sulfide) groups is 1. The number of ether oxygens (including phenoxy) is 1. The first-order valence-corrected chi connectivity index (χ1v) is 10.3. The first-order chi connectivity index (χ1) is 13.7. The lowest BCUT2D eigenvalue weighted by Crippen LogP contribution is -2.27. The molecular formula is C23H19NO2S2. The summed E-state index contributed by atoms with van der Waals surface area (Å²) >= 11 is 6.70. The molecule has 0 bridgehead atoms. The summed E-state index contributed by atoms with van der Waals surface area (Å²) in [5.74, 6) is 0.712. The van der Waals surface area contributed by atoms with Gasteiger partial charge >= 0.3 is 0 Å². The number of amides is 1. The second-order valence-corrected chi connectivity index (χ2v) is 8.07. The molecule has 140 valence electrons. The molecule has 3 nitrogen and oxygen atoms in total. The lowest BCUT2D eigenvalue weighted by molar-refractivity contribution is -0.121. The molecule has 0 saturated carbocycles. The minimum absolute atomic E-state index is 0.0422. The molecule has 1 fully saturated rings. The lowest BCUT2D eigenvalue weighted by atomic mass is 10.0. The highest BCUT2D eigenvalue weighted by molar-refractivity contribution is 8.26. The van der Waals surface area contributed by atoms with Crippen LogP contribution in [-0.4, -0.2) is 21.7 Å². The van der Waals surface area contributed by atoms with E-state index >= 15 is 0 Å². The predicted octanol–water partition coefficient (Wildman–Crippen LogP) is 5.64. The van der Waals surface area contributed by atoms with Crippen LogP contribution in [0, 0.1) is 0 Å². The normalized spacial score (nSPS) is 15.6. The van der Waals surface area contributed by atoms with E-state index in [4.69, 9.17) is 17.0 Å². The van der Waals surface area contributed by atoms with Gasteiger partial charge in [-0.1, -0.05) is 84.6 Å². The number of rotatable bonds is 5. The summed E-state index contributed by atoms with van der Waals surface area (Å²) in [5, 5.41) is 2.15. The highest BCUT2D eigenvalue weighted by atomic mass is 32.2. The van der Waals surface area contributed by atoms with E-state index in [1.165, 1.54) is 11.8 Å². The SMILES string of the molecule is CCN1C(=O)/C(=C/c2c(OCc3ccccc3)ccc3ccccc23)SC1=S. The number of fused-ring (bicyclic) bond motifs is 1. The third-order valence-corrected chi connectivity index (χ3v) is 6.01. The molecule has 0 radical (unpaired) electrons. The molecule has 1 saturated heterocycles. The molecular weight excluding hydrogens is 386 g/mol. The maximum Gasteiger partial charge on any atom is 0.266 e. The smallest absolute Gasteiger partial charge is 0.266 e. The van der Waals surface area contributed by atoms with Crippen LogP contribution >= 0.6 is 24.0 Å². The fourth-order valence-electron chi connectivity index (χ4n) is 3.19. The van der Waals surface area contributed by atoms with E-state index in [0.29, 0.717) is 22.4 Å². The van der Waals surface area contributed by atoms with Gasteiger partial charge in [-0.05, 0) is 35.4 Å². The van der Waals surface area contributed by atoms with Crippen LogP contribution < -0.4 is 4.74 Å². The van der Waals surface area contributed by atoms with E-state index in [2.05, 4.69) is 12.1 Å². The van der Waals surface area contributed by atoms with Gasteiger partial charge in [0.1, 0.15) is 16.7 Å². The number of carbonyl (C=O) groups is 1. The molecule has 0 atom stereocenters. The quantitative estimate of drug-likeness (QED) is 0.406. The van der Waals surface area contributed by atoms with E-state index in [-0.39, 0.29) is 5.91 Å². The van der Waals surface area contributed by atoms with Gasteiger partial charge in [-0.2, -0.15) is 0 Å². The molecule has 5 heteroatoms. The van der Waals surface area contributed by atoms with Crippen LogP contribution in [-0.2, 0) is 11.4 Å². The van der Waals surface area contributed by atoms with Crippen molar-refractivity contribution in [1.29, 1.82) is 0 Å². The molecule has 0 unspecified atom stereocenters. The van der Waals surface area contributed by atoms with Crippen LogP contribution in [0.25, 0.3) is 16.8 Å². The van der Waals surface area contributed by atoms with Crippen molar-refractivity contribution in [2.75, 3.05) is 6.54 Å². The van der Waals surface area contributed by atoms with Gasteiger partial charge in [0.25, 0.3) is 5.91 Å². The van der Waals surface area contributed by atoms with Gasteiger partial charge in [-0.15, -0.1) is 0 Å². The van der Waals surface area contributed by atoms with Gasteiger partial charge in [-0.3, -0.25) is 9.69 Å². The molecule has 4 rings (SSSR count). The Morgan fingerprint density at radius 1 is 1.04 bits per heavy atom. The molecule has 28 heavy (non-hydrogen) atoms. The van der Waals surface area contributed by atoms with Crippen LogP contribution in [0.1, 0.15) is 18.1 Å². The van der Waals surface area contributed by atoms with Crippen molar-refractivity contribution in [1.82, 2.24) is 4.90 Å². The number of likely N-dealkylation sites (N-methyl/N-ethyl adjacent to an activating group) is 1. The second kappa shape index (κ2) is 8.17. The molecule has 3 aromatic rings. The highest BCUT2D eigenvalue weighted by Gasteiger charge is 2.31. The van der Waals surface area contributed by atoms with Gasteiger partial charge in [0.2, 0.25) is 0 Å². The first-order valence-electron chi connectivity index (χ1n) is 9.11. The summed E-state index contributed by atoms with van der Waals surface area (Å²) in [6, 6.07) is 22.2. The molecule has 0 aromatic heterocycles. The number of hydrogen-bond acceptors (Lipinski definition) is 4. The van der Waals surface area contributed by atoms with Crippen molar-refractivity contribution in [3.63, 3.8) is 0 Å². The molecule has 3 aromatic carbocycles. The van der Waals surface area contributed by atoms with E-state index in [0.717, 1.165) is 27.6 Å². The Labute approximate surface area is 174 Å². The molecule has 0 spiro atoms. The zero-order valence-corrected chi connectivity index (χ0v) is 17.1. The Balaban J connectivity index is 1.75. The van der Waals surface area contributed by atoms with Crippen LogP contribution in [0.2, 0.25) is 0 Å². The van der Waals surface area contributed by atoms with E-state index in [1.807, 2.05) is 67.6 Å². The fourth-order valence-corrected chi connectivity index (χ4v) is 4.56. The number of carbonyl (C=O) groups excluding carboxylic acids is 1. The summed E-state index contributed by atoms with van der Waals surface area (Å²) in [6.45, 7) is 2.98. The van der Waals surface area contributed by atoms with Crippen molar-refractivity contribution in [3.8, 4) is 5.75 Å².